The third-order valence-corrected chi connectivity index (χ3v) is 4.01. The van der Waals surface area contributed by atoms with Crippen LogP contribution in [0.15, 0.2) is 79.0 Å². The fourth-order valence-electron chi connectivity index (χ4n) is 2.61. The highest BCUT2D eigenvalue weighted by molar-refractivity contribution is 5.92. The molecule has 0 unspecified atom stereocenters. The van der Waals surface area contributed by atoms with Gasteiger partial charge in [0, 0.05) is 6.08 Å². The first-order valence-corrected chi connectivity index (χ1v) is 8.44. The summed E-state index contributed by atoms with van der Waals surface area (Å²) < 4.78 is 10.7. The second-order valence-electron chi connectivity index (χ2n) is 5.84. The zero-order chi connectivity index (χ0) is 19.9. The van der Waals surface area contributed by atoms with Crippen molar-refractivity contribution in [1.29, 1.82) is 0 Å². The van der Waals surface area contributed by atoms with Crippen LogP contribution >= 0.6 is 0 Å². The molecule has 0 aromatic heterocycles. The van der Waals surface area contributed by atoms with E-state index in [0.717, 1.165) is 17.3 Å². The molecular weight excluding hydrogens is 358 g/mol. The van der Waals surface area contributed by atoms with Gasteiger partial charge in [-0.05, 0) is 41.0 Å². The number of carbonyl (C=O) groups is 1. The van der Waals surface area contributed by atoms with E-state index in [2.05, 4.69) is 0 Å². The van der Waals surface area contributed by atoms with Gasteiger partial charge in [-0.3, -0.25) is 10.1 Å². The largest absolute Gasteiger partial charge is 0.493 e. The molecule has 0 radical (unpaired) electrons. The summed E-state index contributed by atoms with van der Waals surface area (Å²) in [4.78, 5) is 22.3. The van der Waals surface area contributed by atoms with Gasteiger partial charge in [-0.1, -0.05) is 48.5 Å². The predicted octanol–water partition coefficient (Wildman–Crippen LogP) is 4.83. The third kappa shape index (κ3) is 4.62. The maximum Gasteiger partial charge on any atom is 0.343 e. The van der Waals surface area contributed by atoms with Gasteiger partial charge in [0.05, 0.1) is 17.6 Å². The Kier molecular flexibility index (Phi) is 5.81. The summed E-state index contributed by atoms with van der Waals surface area (Å²) in [7, 11) is 1.43. The van der Waals surface area contributed by atoms with Gasteiger partial charge in [0.25, 0.3) is 0 Å². The van der Waals surface area contributed by atoms with Crippen molar-refractivity contribution < 1.29 is 19.2 Å². The van der Waals surface area contributed by atoms with Crippen LogP contribution in [0.2, 0.25) is 0 Å². The Morgan fingerprint density at radius 2 is 1.61 bits per heavy atom. The second kappa shape index (κ2) is 8.64. The molecule has 0 heterocycles. The summed E-state index contributed by atoms with van der Waals surface area (Å²) in [6.07, 6.45) is 2.16. The molecule has 0 atom stereocenters. The number of nitro groups is 1. The molecular formula is C22H17NO5. The molecule has 3 aromatic carbocycles. The lowest BCUT2D eigenvalue weighted by molar-refractivity contribution is -0.400. The van der Waals surface area contributed by atoms with Gasteiger partial charge >= 0.3 is 5.97 Å². The number of carbonyl (C=O) groups excluding carboxylic acids is 1. The van der Waals surface area contributed by atoms with Crippen molar-refractivity contribution in [2.45, 2.75) is 0 Å². The number of nitrogens with zero attached hydrogens (tertiary/aromatic N) is 1. The molecule has 0 saturated heterocycles. The van der Waals surface area contributed by atoms with Gasteiger partial charge in [-0.2, -0.15) is 0 Å². The second-order valence-corrected chi connectivity index (χ2v) is 5.84. The fourth-order valence-corrected chi connectivity index (χ4v) is 2.61. The van der Waals surface area contributed by atoms with E-state index in [9.17, 15) is 14.9 Å². The first-order chi connectivity index (χ1) is 13.6. The van der Waals surface area contributed by atoms with E-state index in [-0.39, 0.29) is 5.75 Å². The Hall–Kier alpha value is -3.93. The van der Waals surface area contributed by atoms with Gasteiger partial charge < -0.3 is 9.47 Å². The molecule has 140 valence electrons. The van der Waals surface area contributed by atoms with Crippen LogP contribution in [-0.2, 0) is 0 Å². The standard InChI is InChI=1S/C22H17NO5/c1-27-21-15-16(13-14-23(25)26)7-12-20(21)28-22(24)19-10-8-18(9-11-19)17-5-3-2-4-6-17/h2-15H,1H3/b14-13+. The molecule has 0 aliphatic heterocycles. The lowest BCUT2D eigenvalue weighted by Crippen LogP contribution is -2.09. The Balaban J connectivity index is 1.76. The van der Waals surface area contributed by atoms with Crippen molar-refractivity contribution in [3.63, 3.8) is 0 Å². The zero-order valence-corrected chi connectivity index (χ0v) is 15.1. The van der Waals surface area contributed by atoms with Gasteiger partial charge in [0.15, 0.2) is 11.5 Å². The molecule has 6 heteroatoms. The lowest BCUT2D eigenvalue weighted by Gasteiger charge is -2.10. The number of benzene rings is 3. The van der Waals surface area contributed by atoms with E-state index in [1.807, 2.05) is 42.5 Å². The molecule has 3 aromatic rings. The fraction of sp³-hybridized carbons (Fsp3) is 0.0455. The summed E-state index contributed by atoms with van der Waals surface area (Å²) in [5.41, 5.74) is 3.01. The Morgan fingerprint density at radius 1 is 0.929 bits per heavy atom. The van der Waals surface area contributed by atoms with E-state index < -0.39 is 10.9 Å². The monoisotopic (exact) mass is 375 g/mol. The van der Waals surface area contributed by atoms with Crippen LogP contribution in [0.4, 0.5) is 0 Å². The highest BCUT2D eigenvalue weighted by atomic mass is 16.6. The highest BCUT2D eigenvalue weighted by Gasteiger charge is 2.13. The number of hydrogen-bond acceptors (Lipinski definition) is 5. The number of rotatable bonds is 6. The maximum atomic E-state index is 12.4. The van der Waals surface area contributed by atoms with Crippen molar-refractivity contribution in [2.75, 3.05) is 7.11 Å². The molecule has 0 aliphatic rings. The molecule has 0 spiro atoms. The van der Waals surface area contributed by atoms with E-state index in [0.29, 0.717) is 16.9 Å². The molecule has 0 aliphatic carbocycles. The normalized spacial score (nSPS) is 10.6. The lowest BCUT2D eigenvalue weighted by atomic mass is 10.0. The van der Waals surface area contributed by atoms with Crippen LogP contribution in [0.5, 0.6) is 11.5 Å². The van der Waals surface area contributed by atoms with Crippen molar-refractivity contribution >= 4 is 12.0 Å². The molecule has 0 fully saturated rings. The van der Waals surface area contributed by atoms with Gasteiger partial charge in [0.1, 0.15) is 0 Å². The summed E-state index contributed by atoms with van der Waals surface area (Å²) in [5, 5.41) is 10.4. The van der Waals surface area contributed by atoms with E-state index in [1.54, 1.807) is 24.3 Å². The molecule has 0 saturated carbocycles. The Morgan fingerprint density at radius 3 is 2.25 bits per heavy atom. The minimum absolute atomic E-state index is 0.234. The van der Waals surface area contributed by atoms with Crippen molar-refractivity contribution in [2.24, 2.45) is 0 Å². The smallest absolute Gasteiger partial charge is 0.343 e. The molecule has 0 amide bonds. The van der Waals surface area contributed by atoms with Gasteiger partial charge in [-0.15, -0.1) is 0 Å². The van der Waals surface area contributed by atoms with E-state index in [4.69, 9.17) is 9.47 Å². The van der Waals surface area contributed by atoms with Crippen molar-refractivity contribution in [3.8, 4) is 22.6 Å². The van der Waals surface area contributed by atoms with E-state index >= 15 is 0 Å². The van der Waals surface area contributed by atoms with Crippen LogP contribution in [-0.4, -0.2) is 18.0 Å². The average molecular weight is 375 g/mol. The highest BCUT2D eigenvalue weighted by Crippen LogP contribution is 2.29. The predicted molar refractivity (Wildman–Crippen MR) is 106 cm³/mol. The van der Waals surface area contributed by atoms with Gasteiger partial charge in [-0.25, -0.2) is 4.79 Å². The minimum atomic E-state index is -0.556. The number of ether oxygens (including phenoxy) is 2. The number of hydrogen-bond donors (Lipinski definition) is 0. The van der Waals surface area contributed by atoms with Crippen LogP contribution in [0.1, 0.15) is 15.9 Å². The topological polar surface area (TPSA) is 78.7 Å². The number of methoxy groups -OCH3 is 1. The first-order valence-electron chi connectivity index (χ1n) is 8.44. The molecule has 28 heavy (non-hydrogen) atoms. The zero-order valence-electron chi connectivity index (χ0n) is 15.1. The minimum Gasteiger partial charge on any atom is -0.493 e. The maximum absolute atomic E-state index is 12.4. The van der Waals surface area contributed by atoms with Crippen LogP contribution in [0, 0.1) is 10.1 Å². The summed E-state index contributed by atoms with van der Waals surface area (Å²) in [5.74, 6) is 0.0177. The van der Waals surface area contributed by atoms with Crippen LogP contribution in [0.3, 0.4) is 0 Å². The molecule has 6 nitrogen and oxygen atoms in total. The molecule has 0 N–H and O–H groups in total. The third-order valence-electron chi connectivity index (χ3n) is 4.01. The number of esters is 1. The van der Waals surface area contributed by atoms with Gasteiger partial charge in [0.2, 0.25) is 6.20 Å². The first kappa shape index (κ1) is 18.8. The SMILES string of the molecule is COc1cc(/C=C/[N+](=O)[O-])ccc1OC(=O)c1ccc(-c2ccccc2)cc1. The van der Waals surface area contributed by atoms with Crippen molar-refractivity contribution in [3.05, 3.63) is 100 Å². The average Bonchev–Trinajstić information content (AvgIpc) is 2.73. The van der Waals surface area contributed by atoms with Crippen LogP contribution in [0.25, 0.3) is 17.2 Å². The van der Waals surface area contributed by atoms with Crippen molar-refractivity contribution in [1.82, 2.24) is 0 Å². The molecule has 0 bridgehead atoms. The quantitative estimate of drug-likeness (QED) is 0.267. The van der Waals surface area contributed by atoms with E-state index in [1.165, 1.54) is 19.3 Å². The summed E-state index contributed by atoms with van der Waals surface area (Å²) in [6.45, 7) is 0. The summed E-state index contributed by atoms with van der Waals surface area (Å²) in [6, 6.07) is 21.6. The summed E-state index contributed by atoms with van der Waals surface area (Å²) >= 11 is 0. The Labute approximate surface area is 161 Å². The van der Waals surface area contributed by atoms with Crippen LogP contribution < -0.4 is 9.47 Å². The Bertz CT molecular complexity index is 1010. The molecule has 3 rings (SSSR count).